The highest BCUT2D eigenvalue weighted by molar-refractivity contribution is 5.61. The van der Waals surface area contributed by atoms with Crippen LogP contribution in [0.2, 0.25) is 0 Å². The van der Waals surface area contributed by atoms with Crippen LogP contribution in [0.4, 0.5) is 0 Å². The molecule has 0 radical (unpaired) electrons. The molecule has 0 unspecified atom stereocenters. The third kappa shape index (κ3) is 3.60. The maximum absolute atomic E-state index is 5.49. The lowest BCUT2D eigenvalue weighted by Crippen LogP contribution is -1.90. The molecule has 0 aliphatic heterocycles. The van der Waals surface area contributed by atoms with Crippen LogP contribution in [0, 0.1) is 0 Å². The molecule has 0 spiro atoms. The summed E-state index contributed by atoms with van der Waals surface area (Å²) < 4.78 is 0. The van der Waals surface area contributed by atoms with Gasteiger partial charge in [-0.05, 0) is 13.0 Å². The van der Waals surface area contributed by atoms with E-state index in [9.17, 15) is 0 Å². The molecule has 72 valence electrons. The summed E-state index contributed by atoms with van der Waals surface area (Å²) in [5, 5.41) is 6.66. The first kappa shape index (κ1) is 11.5. The maximum atomic E-state index is 5.49. The van der Waals surface area contributed by atoms with E-state index in [4.69, 9.17) is 5.73 Å². The minimum absolute atomic E-state index is 0.748. The van der Waals surface area contributed by atoms with Crippen LogP contribution >= 0.6 is 0 Å². The van der Waals surface area contributed by atoms with Gasteiger partial charge in [-0.25, -0.2) is 0 Å². The molecule has 0 saturated carbocycles. The highest BCUT2D eigenvalue weighted by Gasteiger charge is 1.96. The minimum atomic E-state index is 0.748. The van der Waals surface area contributed by atoms with E-state index in [1.54, 1.807) is 12.3 Å². The molecule has 3 heteroatoms. The van der Waals surface area contributed by atoms with Gasteiger partial charge in [0.15, 0.2) is 0 Å². The zero-order chi connectivity index (χ0) is 10.3. The van der Waals surface area contributed by atoms with Crippen molar-refractivity contribution in [1.29, 1.82) is 0 Å². The summed E-state index contributed by atoms with van der Waals surface area (Å²) in [6.45, 7) is 9.47. The summed E-state index contributed by atoms with van der Waals surface area (Å²) in [6.07, 6.45) is 5.27. The van der Waals surface area contributed by atoms with Crippen LogP contribution in [-0.2, 0) is 0 Å². The van der Waals surface area contributed by atoms with Crippen molar-refractivity contribution in [2.75, 3.05) is 0 Å². The number of nitrogens with one attached hydrogen (secondary N) is 1. The fourth-order valence-electron chi connectivity index (χ4n) is 0.811. The number of nitrogens with zero attached hydrogens (tertiary/aromatic N) is 1. The molecule has 0 aromatic carbocycles. The lowest BCUT2D eigenvalue weighted by Gasteiger charge is -1.90. The van der Waals surface area contributed by atoms with Crippen molar-refractivity contribution < 1.29 is 0 Å². The van der Waals surface area contributed by atoms with Crippen molar-refractivity contribution in [2.24, 2.45) is 5.73 Å². The van der Waals surface area contributed by atoms with E-state index in [0.717, 1.165) is 17.0 Å². The number of hydrogen-bond donors (Lipinski definition) is 2. The second-order valence-corrected chi connectivity index (χ2v) is 2.33. The van der Waals surface area contributed by atoms with Crippen LogP contribution in [0.5, 0.6) is 0 Å². The fraction of sp³-hybridized carbons (Fsp3) is 0.300. The Balaban J connectivity index is 0.000000671. The first-order valence-electron chi connectivity index (χ1n) is 4.33. The first-order chi connectivity index (χ1) is 6.24. The highest BCUT2D eigenvalue weighted by atomic mass is 15.1. The maximum Gasteiger partial charge on any atom is 0.0667 e. The molecule has 0 aliphatic carbocycles. The van der Waals surface area contributed by atoms with Gasteiger partial charge in [0.2, 0.25) is 0 Å². The zero-order valence-electron chi connectivity index (χ0n) is 8.46. The van der Waals surface area contributed by atoms with Gasteiger partial charge in [0.05, 0.1) is 11.9 Å². The number of nitrogens with two attached hydrogens (primary N) is 1. The molecule has 0 amide bonds. The monoisotopic (exact) mass is 179 g/mol. The summed E-state index contributed by atoms with van der Waals surface area (Å²) in [4.78, 5) is 0. The van der Waals surface area contributed by atoms with Crippen molar-refractivity contribution >= 4 is 12.2 Å². The van der Waals surface area contributed by atoms with Gasteiger partial charge in [0.1, 0.15) is 0 Å². The third-order valence-corrected chi connectivity index (χ3v) is 1.29. The van der Waals surface area contributed by atoms with Crippen molar-refractivity contribution in [1.82, 2.24) is 10.2 Å². The Bertz CT molecular complexity index is 280. The van der Waals surface area contributed by atoms with Gasteiger partial charge < -0.3 is 5.73 Å². The molecule has 0 aliphatic rings. The Morgan fingerprint density at radius 3 is 2.69 bits per heavy atom. The molecule has 0 bridgehead atoms. The molecule has 0 saturated heterocycles. The average Bonchev–Trinajstić information content (AvgIpc) is 2.54. The molecule has 1 heterocycles. The second kappa shape index (κ2) is 6.06. The molecule has 1 aromatic rings. The standard InChI is InChI=1S/C8H11N3.C2H6/c1-3-7-5-10-11-8(7)4-6(2)9;1-2/h3-5H,1,9H2,2H3,(H,10,11);1-2H3/b6-4+;. The van der Waals surface area contributed by atoms with Gasteiger partial charge in [-0.1, -0.05) is 26.5 Å². The Hall–Kier alpha value is -1.51. The molecular formula is C10H17N3. The number of allylic oxidation sites excluding steroid dienone is 1. The van der Waals surface area contributed by atoms with E-state index in [1.807, 2.05) is 26.8 Å². The van der Waals surface area contributed by atoms with Crippen molar-refractivity contribution in [3.8, 4) is 0 Å². The van der Waals surface area contributed by atoms with E-state index >= 15 is 0 Å². The molecule has 1 rings (SSSR count). The minimum Gasteiger partial charge on any atom is -0.402 e. The predicted molar refractivity (Wildman–Crippen MR) is 57.9 cm³/mol. The van der Waals surface area contributed by atoms with E-state index in [-0.39, 0.29) is 0 Å². The predicted octanol–water partition coefficient (Wildman–Crippen LogP) is 2.40. The molecule has 0 fully saturated rings. The van der Waals surface area contributed by atoms with Crippen LogP contribution in [0.25, 0.3) is 12.2 Å². The van der Waals surface area contributed by atoms with Crippen LogP contribution in [0.1, 0.15) is 32.0 Å². The Labute approximate surface area is 79.3 Å². The van der Waals surface area contributed by atoms with Gasteiger partial charge in [-0.3, -0.25) is 5.10 Å². The van der Waals surface area contributed by atoms with Crippen molar-refractivity contribution in [3.63, 3.8) is 0 Å². The Morgan fingerprint density at radius 2 is 2.23 bits per heavy atom. The summed E-state index contributed by atoms with van der Waals surface area (Å²) >= 11 is 0. The van der Waals surface area contributed by atoms with E-state index < -0.39 is 0 Å². The topological polar surface area (TPSA) is 54.7 Å². The second-order valence-electron chi connectivity index (χ2n) is 2.33. The Kier molecular flexibility index (Phi) is 5.35. The van der Waals surface area contributed by atoms with Crippen molar-refractivity contribution in [3.05, 3.63) is 29.7 Å². The smallest absolute Gasteiger partial charge is 0.0667 e. The van der Waals surface area contributed by atoms with Crippen molar-refractivity contribution in [2.45, 2.75) is 20.8 Å². The summed E-state index contributed by atoms with van der Waals surface area (Å²) in [5.74, 6) is 0. The molecule has 3 nitrogen and oxygen atoms in total. The van der Waals surface area contributed by atoms with Gasteiger partial charge in [-0.2, -0.15) is 5.10 Å². The number of rotatable bonds is 2. The number of H-pyrrole nitrogens is 1. The first-order valence-corrected chi connectivity index (χ1v) is 4.33. The quantitative estimate of drug-likeness (QED) is 0.732. The Morgan fingerprint density at radius 1 is 1.62 bits per heavy atom. The van der Waals surface area contributed by atoms with Gasteiger partial charge in [-0.15, -0.1) is 0 Å². The lowest BCUT2D eigenvalue weighted by molar-refractivity contribution is 1.08. The molecular weight excluding hydrogens is 162 g/mol. The molecule has 13 heavy (non-hydrogen) atoms. The van der Waals surface area contributed by atoms with Crippen LogP contribution in [0.3, 0.4) is 0 Å². The van der Waals surface area contributed by atoms with Gasteiger partial charge in [0.25, 0.3) is 0 Å². The normalized spacial score (nSPS) is 10.2. The van der Waals surface area contributed by atoms with Crippen LogP contribution in [-0.4, -0.2) is 10.2 Å². The van der Waals surface area contributed by atoms with Crippen LogP contribution < -0.4 is 5.73 Å². The average molecular weight is 179 g/mol. The van der Waals surface area contributed by atoms with E-state index in [1.165, 1.54) is 0 Å². The molecule has 0 atom stereocenters. The van der Waals surface area contributed by atoms with E-state index in [0.29, 0.717) is 0 Å². The van der Waals surface area contributed by atoms with Gasteiger partial charge in [0, 0.05) is 11.3 Å². The molecule has 1 aromatic heterocycles. The largest absolute Gasteiger partial charge is 0.402 e. The lowest BCUT2D eigenvalue weighted by atomic mass is 10.2. The SMILES string of the molecule is C=Cc1cn[nH]c1/C=C(\C)N.CC. The summed E-state index contributed by atoms with van der Waals surface area (Å²) in [5.41, 5.74) is 8.10. The van der Waals surface area contributed by atoms with E-state index in [2.05, 4.69) is 16.8 Å². The zero-order valence-corrected chi connectivity index (χ0v) is 8.46. The number of aromatic amines is 1. The third-order valence-electron chi connectivity index (χ3n) is 1.29. The van der Waals surface area contributed by atoms with Crippen LogP contribution in [0.15, 0.2) is 18.5 Å². The van der Waals surface area contributed by atoms with Gasteiger partial charge >= 0.3 is 0 Å². The summed E-state index contributed by atoms with van der Waals surface area (Å²) in [7, 11) is 0. The number of hydrogen-bond acceptors (Lipinski definition) is 2. The summed E-state index contributed by atoms with van der Waals surface area (Å²) in [6, 6.07) is 0. The number of aromatic nitrogens is 2. The highest BCUT2D eigenvalue weighted by Crippen LogP contribution is 2.08. The molecule has 3 N–H and O–H groups in total. The fourth-order valence-corrected chi connectivity index (χ4v) is 0.811.